The summed E-state index contributed by atoms with van der Waals surface area (Å²) in [6.07, 6.45) is 0. The zero-order chi connectivity index (χ0) is 13.7. The van der Waals surface area contributed by atoms with E-state index in [0.29, 0.717) is 11.4 Å². The Hall–Kier alpha value is -1.76. The number of amidine groups is 1. The van der Waals surface area contributed by atoms with Crippen molar-refractivity contribution in [2.75, 3.05) is 12.4 Å². The standard InChI is InChI=1S/C11H14BrN3O3/c1-6(10(13)15-17)11(16)14-7-3-4-8(12)9(5-7)18-2/h3-6,17H,1-2H3,(H2,13,15)(H,14,16). The highest BCUT2D eigenvalue weighted by Crippen LogP contribution is 2.27. The molecule has 0 aromatic heterocycles. The number of anilines is 1. The number of benzene rings is 1. The van der Waals surface area contributed by atoms with E-state index in [9.17, 15) is 4.79 Å². The fraction of sp³-hybridized carbons (Fsp3) is 0.273. The maximum atomic E-state index is 11.8. The molecule has 0 radical (unpaired) electrons. The molecule has 0 saturated heterocycles. The van der Waals surface area contributed by atoms with Crippen LogP contribution in [0.3, 0.4) is 0 Å². The Morgan fingerprint density at radius 1 is 1.61 bits per heavy atom. The van der Waals surface area contributed by atoms with Crippen molar-refractivity contribution >= 4 is 33.4 Å². The quantitative estimate of drug-likeness (QED) is 0.341. The first-order chi connectivity index (χ1) is 8.49. The van der Waals surface area contributed by atoms with E-state index in [1.807, 2.05) is 0 Å². The van der Waals surface area contributed by atoms with Crippen LogP contribution in [0, 0.1) is 5.92 Å². The van der Waals surface area contributed by atoms with Gasteiger partial charge in [0.1, 0.15) is 5.75 Å². The molecule has 1 rings (SSSR count). The van der Waals surface area contributed by atoms with Gasteiger partial charge in [0.15, 0.2) is 5.84 Å². The van der Waals surface area contributed by atoms with Crippen LogP contribution in [-0.4, -0.2) is 24.1 Å². The SMILES string of the molecule is COc1cc(NC(=O)C(C)/C(N)=N/O)ccc1Br. The second-order valence-corrected chi connectivity index (χ2v) is 4.44. The molecule has 1 atom stereocenters. The van der Waals surface area contributed by atoms with Gasteiger partial charge < -0.3 is 21.0 Å². The molecule has 1 unspecified atom stereocenters. The van der Waals surface area contributed by atoms with Crippen LogP contribution < -0.4 is 15.8 Å². The van der Waals surface area contributed by atoms with E-state index in [4.69, 9.17) is 15.7 Å². The number of carbonyl (C=O) groups excluding carboxylic acids is 1. The molecule has 18 heavy (non-hydrogen) atoms. The predicted octanol–water partition coefficient (Wildman–Crippen LogP) is 1.78. The number of amides is 1. The van der Waals surface area contributed by atoms with Gasteiger partial charge in [-0.25, -0.2) is 0 Å². The Bertz CT molecular complexity index is 477. The van der Waals surface area contributed by atoms with Crippen molar-refractivity contribution in [1.29, 1.82) is 0 Å². The average Bonchev–Trinajstić information content (AvgIpc) is 2.38. The van der Waals surface area contributed by atoms with Crippen LogP contribution in [-0.2, 0) is 4.79 Å². The zero-order valence-electron chi connectivity index (χ0n) is 9.98. The molecule has 0 aliphatic carbocycles. The largest absolute Gasteiger partial charge is 0.495 e. The van der Waals surface area contributed by atoms with E-state index < -0.39 is 5.92 Å². The maximum Gasteiger partial charge on any atom is 0.234 e. The minimum absolute atomic E-state index is 0.142. The maximum absolute atomic E-state index is 11.8. The number of halogens is 1. The summed E-state index contributed by atoms with van der Waals surface area (Å²) < 4.78 is 5.89. The third kappa shape index (κ3) is 3.36. The summed E-state index contributed by atoms with van der Waals surface area (Å²) >= 11 is 3.31. The molecule has 0 saturated carbocycles. The van der Waals surface area contributed by atoms with Crippen LogP contribution >= 0.6 is 15.9 Å². The second-order valence-electron chi connectivity index (χ2n) is 3.59. The van der Waals surface area contributed by atoms with Gasteiger partial charge in [0.2, 0.25) is 5.91 Å². The van der Waals surface area contributed by atoms with Crippen molar-refractivity contribution in [1.82, 2.24) is 0 Å². The highest BCUT2D eigenvalue weighted by Gasteiger charge is 2.17. The summed E-state index contributed by atoms with van der Waals surface area (Å²) in [5.74, 6) is -0.625. The van der Waals surface area contributed by atoms with Crippen LogP contribution in [0.2, 0.25) is 0 Å². The van der Waals surface area contributed by atoms with Gasteiger partial charge in [0, 0.05) is 11.8 Å². The lowest BCUT2D eigenvalue weighted by atomic mass is 10.1. The van der Waals surface area contributed by atoms with E-state index >= 15 is 0 Å². The van der Waals surface area contributed by atoms with Crippen LogP contribution in [0.25, 0.3) is 0 Å². The number of ether oxygens (including phenoxy) is 1. The number of hydrogen-bond acceptors (Lipinski definition) is 4. The van der Waals surface area contributed by atoms with E-state index in [1.54, 1.807) is 25.1 Å². The van der Waals surface area contributed by atoms with Gasteiger partial charge in [-0.3, -0.25) is 4.79 Å². The Labute approximate surface area is 113 Å². The van der Waals surface area contributed by atoms with Gasteiger partial charge in [-0.05, 0) is 35.0 Å². The molecular formula is C11H14BrN3O3. The molecule has 98 valence electrons. The third-order valence-electron chi connectivity index (χ3n) is 2.37. The van der Waals surface area contributed by atoms with Crippen molar-refractivity contribution in [3.63, 3.8) is 0 Å². The molecule has 1 aromatic carbocycles. The van der Waals surface area contributed by atoms with Gasteiger partial charge in [-0.1, -0.05) is 5.16 Å². The van der Waals surface area contributed by atoms with Crippen LogP contribution in [0.4, 0.5) is 5.69 Å². The molecule has 4 N–H and O–H groups in total. The molecule has 6 nitrogen and oxygen atoms in total. The highest BCUT2D eigenvalue weighted by molar-refractivity contribution is 9.10. The monoisotopic (exact) mass is 315 g/mol. The minimum atomic E-state index is -0.718. The van der Waals surface area contributed by atoms with Crippen molar-refractivity contribution < 1.29 is 14.7 Å². The van der Waals surface area contributed by atoms with E-state index in [0.717, 1.165) is 4.47 Å². The molecular weight excluding hydrogens is 302 g/mol. The molecule has 1 amide bonds. The van der Waals surface area contributed by atoms with Gasteiger partial charge >= 0.3 is 0 Å². The Kier molecular flexibility index (Phi) is 4.96. The fourth-order valence-corrected chi connectivity index (χ4v) is 1.62. The highest BCUT2D eigenvalue weighted by atomic mass is 79.9. The van der Waals surface area contributed by atoms with E-state index in [2.05, 4.69) is 26.4 Å². The third-order valence-corrected chi connectivity index (χ3v) is 3.03. The van der Waals surface area contributed by atoms with Gasteiger partial charge in [-0.2, -0.15) is 0 Å². The van der Waals surface area contributed by atoms with Crippen molar-refractivity contribution in [3.8, 4) is 5.75 Å². The molecule has 0 fully saturated rings. The van der Waals surface area contributed by atoms with Gasteiger partial charge in [0.25, 0.3) is 0 Å². The smallest absolute Gasteiger partial charge is 0.234 e. The predicted molar refractivity (Wildman–Crippen MR) is 71.9 cm³/mol. The summed E-state index contributed by atoms with van der Waals surface area (Å²) in [6.45, 7) is 1.54. The zero-order valence-corrected chi connectivity index (χ0v) is 11.6. The minimum Gasteiger partial charge on any atom is -0.495 e. The lowest BCUT2D eigenvalue weighted by Crippen LogP contribution is -2.32. The Morgan fingerprint density at radius 3 is 2.83 bits per heavy atom. The molecule has 1 aromatic rings. The summed E-state index contributed by atoms with van der Waals surface area (Å²) in [7, 11) is 1.53. The molecule has 7 heteroatoms. The number of rotatable bonds is 4. The topological polar surface area (TPSA) is 96.9 Å². The summed E-state index contributed by atoms with van der Waals surface area (Å²) in [5, 5.41) is 13.9. The molecule has 0 heterocycles. The number of carbonyl (C=O) groups is 1. The molecule has 0 aliphatic rings. The Morgan fingerprint density at radius 2 is 2.28 bits per heavy atom. The normalized spacial score (nSPS) is 12.9. The van der Waals surface area contributed by atoms with Crippen LogP contribution in [0.15, 0.2) is 27.8 Å². The van der Waals surface area contributed by atoms with Crippen LogP contribution in [0.5, 0.6) is 5.75 Å². The summed E-state index contributed by atoms with van der Waals surface area (Å²) in [4.78, 5) is 11.8. The van der Waals surface area contributed by atoms with Crippen molar-refractivity contribution in [3.05, 3.63) is 22.7 Å². The first-order valence-electron chi connectivity index (χ1n) is 5.11. The average molecular weight is 316 g/mol. The number of nitrogens with zero attached hydrogens (tertiary/aromatic N) is 1. The number of methoxy groups -OCH3 is 1. The number of nitrogens with one attached hydrogen (secondary N) is 1. The van der Waals surface area contributed by atoms with Crippen LogP contribution in [0.1, 0.15) is 6.92 Å². The first kappa shape index (κ1) is 14.3. The van der Waals surface area contributed by atoms with E-state index in [-0.39, 0.29) is 11.7 Å². The lowest BCUT2D eigenvalue weighted by molar-refractivity contribution is -0.117. The fourth-order valence-electron chi connectivity index (χ4n) is 1.21. The van der Waals surface area contributed by atoms with Crippen molar-refractivity contribution in [2.24, 2.45) is 16.8 Å². The summed E-state index contributed by atoms with van der Waals surface area (Å²) in [5.41, 5.74) is 5.93. The summed E-state index contributed by atoms with van der Waals surface area (Å²) in [6, 6.07) is 5.13. The number of nitrogens with two attached hydrogens (primary N) is 1. The van der Waals surface area contributed by atoms with Gasteiger partial charge in [-0.15, -0.1) is 0 Å². The van der Waals surface area contributed by atoms with E-state index in [1.165, 1.54) is 7.11 Å². The molecule has 0 aliphatic heterocycles. The van der Waals surface area contributed by atoms with Crippen molar-refractivity contribution in [2.45, 2.75) is 6.92 Å². The number of hydrogen-bond donors (Lipinski definition) is 3. The van der Waals surface area contributed by atoms with Gasteiger partial charge in [0.05, 0.1) is 17.5 Å². The molecule has 0 bridgehead atoms. The molecule has 0 spiro atoms. The number of oxime groups is 1. The lowest BCUT2D eigenvalue weighted by Gasteiger charge is -2.12. The first-order valence-corrected chi connectivity index (χ1v) is 5.90. The second kappa shape index (κ2) is 6.25. The Balaban J connectivity index is 2.82.